The third-order valence-corrected chi connectivity index (χ3v) is 5.71. The molecule has 0 aromatic heterocycles. The van der Waals surface area contributed by atoms with E-state index < -0.39 is 10.0 Å². The minimum absolute atomic E-state index is 0. The molecule has 4 nitrogen and oxygen atoms in total. The van der Waals surface area contributed by atoms with Crippen LogP contribution in [-0.2, 0) is 10.0 Å². The molecular weight excluding hydrogens is 315 g/mol. The number of nitrogens with one attached hydrogen (secondary N) is 1. The first-order valence-electron chi connectivity index (χ1n) is 6.81. The number of aryl methyl sites for hydroxylation is 2. The Hall–Kier alpha value is -0.690. The van der Waals surface area contributed by atoms with Crippen molar-refractivity contribution in [3.05, 3.63) is 29.1 Å². The van der Waals surface area contributed by atoms with Gasteiger partial charge in [-0.05, 0) is 57.0 Å². The van der Waals surface area contributed by atoms with Crippen molar-refractivity contribution in [2.24, 2.45) is 0 Å². The van der Waals surface area contributed by atoms with Crippen LogP contribution in [0.2, 0.25) is 0 Å². The molecule has 120 valence electrons. The highest BCUT2D eigenvalue weighted by atomic mass is 35.5. The highest BCUT2D eigenvalue weighted by molar-refractivity contribution is 7.89. The fraction of sp³-hybridized carbons (Fsp3) is 0.571. The van der Waals surface area contributed by atoms with E-state index in [4.69, 9.17) is 0 Å². The van der Waals surface area contributed by atoms with Crippen LogP contribution in [0.1, 0.15) is 24.0 Å². The van der Waals surface area contributed by atoms with E-state index in [2.05, 4.69) is 5.32 Å². The van der Waals surface area contributed by atoms with Gasteiger partial charge in [-0.25, -0.2) is 12.8 Å². The minimum Gasteiger partial charge on any atom is -0.318 e. The zero-order valence-corrected chi connectivity index (χ0v) is 14.2. The topological polar surface area (TPSA) is 49.4 Å². The molecule has 7 heteroatoms. The molecule has 0 bridgehead atoms. The van der Waals surface area contributed by atoms with Gasteiger partial charge in [-0.1, -0.05) is 0 Å². The third-order valence-electron chi connectivity index (χ3n) is 3.78. The van der Waals surface area contributed by atoms with Gasteiger partial charge in [0.05, 0.1) is 4.90 Å². The van der Waals surface area contributed by atoms with Gasteiger partial charge in [0.1, 0.15) is 5.82 Å². The molecule has 2 rings (SSSR count). The lowest BCUT2D eigenvalue weighted by atomic mass is 10.1. The van der Waals surface area contributed by atoms with Crippen molar-refractivity contribution in [3.63, 3.8) is 0 Å². The number of likely N-dealkylation sites (N-methyl/N-ethyl adjacent to an activating group) is 1. The van der Waals surface area contributed by atoms with Gasteiger partial charge in [0.2, 0.25) is 10.0 Å². The molecule has 0 radical (unpaired) electrons. The molecule has 1 aromatic rings. The van der Waals surface area contributed by atoms with Crippen LogP contribution in [0.3, 0.4) is 0 Å². The fourth-order valence-electron chi connectivity index (χ4n) is 2.76. The standard InChI is InChI=1S/C14H21FN2O2S.ClH/c1-10-7-13(8-11(2)14(10)15)20(18,19)17-6-4-5-12(17)9-16-3;/h7-8,12,16H,4-6,9H2,1-3H3;1H. The number of hydrogen-bond donors (Lipinski definition) is 1. The zero-order valence-electron chi connectivity index (χ0n) is 12.5. The summed E-state index contributed by atoms with van der Waals surface area (Å²) in [5.74, 6) is -0.336. The lowest BCUT2D eigenvalue weighted by Gasteiger charge is -2.24. The van der Waals surface area contributed by atoms with E-state index in [0.717, 1.165) is 12.8 Å². The lowest BCUT2D eigenvalue weighted by molar-refractivity contribution is 0.379. The van der Waals surface area contributed by atoms with E-state index in [1.165, 1.54) is 16.4 Å². The lowest BCUT2D eigenvalue weighted by Crippen LogP contribution is -2.40. The first-order chi connectivity index (χ1) is 9.37. The molecule has 21 heavy (non-hydrogen) atoms. The van der Waals surface area contributed by atoms with Crippen molar-refractivity contribution in [1.29, 1.82) is 0 Å². The van der Waals surface area contributed by atoms with E-state index in [0.29, 0.717) is 24.2 Å². The van der Waals surface area contributed by atoms with Gasteiger partial charge >= 0.3 is 0 Å². The molecule has 1 aromatic carbocycles. The molecule has 0 spiro atoms. The SMILES string of the molecule is CNCC1CCCN1S(=O)(=O)c1cc(C)c(F)c(C)c1.Cl. The molecule has 0 aliphatic carbocycles. The van der Waals surface area contributed by atoms with Crippen molar-refractivity contribution >= 4 is 22.4 Å². The fourth-order valence-corrected chi connectivity index (χ4v) is 4.62. The maximum atomic E-state index is 13.7. The molecule has 1 aliphatic heterocycles. The zero-order chi connectivity index (χ0) is 14.9. The maximum Gasteiger partial charge on any atom is 0.243 e. The number of benzene rings is 1. The summed E-state index contributed by atoms with van der Waals surface area (Å²) >= 11 is 0. The normalized spacial score (nSPS) is 19.5. The molecule has 1 atom stereocenters. The third kappa shape index (κ3) is 3.56. The van der Waals surface area contributed by atoms with Crippen LogP contribution in [0.15, 0.2) is 17.0 Å². The number of halogens is 2. The van der Waals surface area contributed by atoms with Crippen LogP contribution in [0.4, 0.5) is 4.39 Å². The van der Waals surface area contributed by atoms with Gasteiger partial charge < -0.3 is 5.32 Å². The van der Waals surface area contributed by atoms with Crippen molar-refractivity contribution < 1.29 is 12.8 Å². The molecule has 1 heterocycles. The van der Waals surface area contributed by atoms with Gasteiger partial charge in [-0.15, -0.1) is 12.4 Å². The van der Waals surface area contributed by atoms with Crippen LogP contribution in [0, 0.1) is 19.7 Å². The molecular formula is C14H22ClFN2O2S. The van der Waals surface area contributed by atoms with Gasteiger partial charge in [0.25, 0.3) is 0 Å². The highest BCUT2D eigenvalue weighted by Gasteiger charge is 2.35. The Morgan fingerprint density at radius 1 is 1.33 bits per heavy atom. The average Bonchev–Trinajstić information content (AvgIpc) is 2.84. The quantitative estimate of drug-likeness (QED) is 0.917. The predicted octanol–water partition coefficient (Wildman–Crippen LogP) is 2.24. The van der Waals surface area contributed by atoms with Crippen molar-refractivity contribution in [3.8, 4) is 0 Å². The molecule has 1 fully saturated rings. The summed E-state index contributed by atoms with van der Waals surface area (Å²) < 4.78 is 40.6. The van der Waals surface area contributed by atoms with Crippen LogP contribution < -0.4 is 5.32 Å². The second-order valence-electron chi connectivity index (χ2n) is 5.34. The van der Waals surface area contributed by atoms with Gasteiger partial charge in [-0.3, -0.25) is 0 Å². The highest BCUT2D eigenvalue weighted by Crippen LogP contribution is 2.27. The average molecular weight is 337 g/mol. The van der Waals surface area contributed by atoms with Gasteiger partial charge in [0.15, 0.2) is 0 Å². The Kier molecular flexibility index (Phi) is 6.16. The number of rotatable bonds is 4. The maximum absolute atomic E-state index is 13.7. The summed E-state index contributed by atoms with van der Waals surface area (Å²) in [6, 6.07) is 2.83. The van der Waals surface area contributed by atoms with E-state index in [1.54, 1.807) is 13.8 Å². The Morgan fingerprint density at radius 2 is 1.90 bits per heavy atom. The second-order valence-corrected chi connectivity index (χ2v) is 7.23. The minimum atomic E-state index is -3.55. The van der Waals surface area contributed by atoms with Crippen LogP contribution in [0.5, 0.6) is 0 Å². The summed E-state index contributed by atoms with van der Waals surface area (Å²) in [5.41, 5.74) is 0.737. The Morgan fingerprint density at radius 3 is 2.43 bits per heavy atom. The van der Waals surface area contributed by atoms with E-state index in [-0.39, 0.29) is 29.2 Å². The summed E-state index contributed by atoms with van der Waals surface area (Å²) in [6.07, 6.45) is 1.73. The molecule has 1 N–H and O–H groups in total. The van der Waals surface area contributed by atoms with E-state index in [9.17, 15) is 12.8 Å². The largest absolute Gasteiger partial charge is 0.318 e. The summed E-state index contributed by atoms with van der Waals surface area (Å²) in [7, 11) is -1.73. The number of sulfonamides is 1. The second kappa shape index (κ2) is 7.05. The van der Waals surface area contributed by atoms with E-state index in [1.807, 2.05) is 7.05 Å². The van der Waals surface area contributed by atoms with E-state index >= 15 is 0 Å². The van der Waals surface area contributed by atoms with Gasteiger partial charge in [-0.2, -0.15) is 4.31 Å². The Bertz CT molecular complexity index is 584. The Balaban J connectivity index is 0.00000220. The van der Waals surface area contributed by atoms with Gasteiger partial charge in [0, 0.05) is 19.1 Å². The van der Waals surface area contributed by atoms with Crippen molar-refractivity contribution in [2.45, 2.75) is 37.6 Å². The predicted molar refractivity (Wildman–Crippen MR) is 84.0 cm³/mol. The molecule has 1 unspecified atom stereocenters. The van der Waals surface area contributed by atoms with Crippen molar-refractivity contribution in [2.75, 3.05) is 20.1 Å². The van der Waals surface area contributed by atoms with Crippen molar-refractivity contribution in [1.82, 2.24) is 9.62 Å². The van der Waals surface area contributed by atoms with Crippen LogP contribution >= 0.6 is 12.4 Å². The smallest absolute Gasteiger partial charge is 0.243 e. The summed E-state index contributed by atoms with van der Waals surface area (Å²) in [5, 5.41) is 3.03. The molecule has 1 saturated heterocycles. The molecule has 1 aliphatic rings. The molecule has 0 saturated carbocycles. The summed E-state index contributed by atoms with van der Waals surface area (Å²) in [6.45, 7) is 4.36. The first-order valence-corrected chi connectivity index (χ1v) is 8.25. The van der Waals surface area contributed by atoms with Crippen LogP contribution in [0.25, 0.3) is 0 Å². The number of hydrogen-bond acceptors (Lipinski definition) is 3. The number of nitrogens with zero attached hydrogens (tertiary/aromatic N) is 1. The Labute approximate surface area is 132 Å². The summed E-state index contributed by atoms with van der Waals surface area (Å²) in [4.78, 5) is 0.192. The molecule has 0 amide bonds. The van der Waals surface area contributed by atoms with Crippen LogP contribution in [-0.4, -0.2) is 38.9 Å². The first kappa shape index (κ1) is 18.4. The monoisotopic (exact) mass is 336 g/mol.